The molecule has 0 bridgehead atoms. The molecule has 0 aromatic heterocycles. The van der Waals surface area contributed by atoms with Crippen LogP contribution in [0.3, 0.4) is 0 Å². The Morgan fingerprint density at radius 3 is 1.97 bits per heavy atom. The zero-order valence-electron chi connectivity index (χ0n) is 25.7. The molecule has 3 atom stereocenters. The van der Waals surface area contributed by atoms with E-state index in [9.17, 15) is 0 Å². The van der Waals surface area contributed by atoms with Gasteiger partial charge in [-0.25, -0.2) is 0 Å². The summed E-state index contributed by atoms with van der Waals surface area (Å²) in [5, 5.41) is 0.456. The Labute approximate surface area is 226 Å². The highest BCUT2D eigenvalue weighted by molar-refractivity contribution is 6.74. The lowest BCUT2D eigenvalue weighted by molar-refractivity contribution is -0.0277. The standard InChI is InChI=1S/C31H58O3Si2/c1-26(24-33-35(9,10)30(3,4)5)20-16-13-14-19-23-29(34-36(11,12)31(6,7)8)27(2)32-25-28-21-17-15-18-22-28/h14-15,17-19,21-22,26-27,29H,13,16,20,23-25H2,1-12H3/b19-14-/t26-,27+,29-/m0/s1. The van der Waals surface area contributed by atoms with Crippen molar-refractivity contribution in [3.8, 4) is 0 Å². The minimum atomic E-state index is -1.89. The molecule has 0 saturated heterocycles. The smallest absolute Gasteiger partial charge is 0.192 e. The highest BCUT2D eigenvalue weighted by Gasteiger charge is 2.40. The largest absolute Gasteiger partial charge is 0.417 e. The normalized spacial score (nSPS) is 16.3. The second kappa shape index (κ2) is 14.4. The monoisotopic (exact) mass is 534 g/mol. The SMILES string of the molecule is C[C@@H](CCC/C=C\C[C@H](O[Si](C)(C)C(C)(C)C)[C@@H](C)OCc1ccccc1)CO[Si](C)(C)C(C)(C)C. The summed E-state index contributed by atoms with van der Waals surface area (Å²) in [5.41, 5.74) is 1.21. The van der Waals surface area contributed by atoms with Crippen molar-refractivity contribution >= 4 is 16.6 Å². The number of benzene rings is 1. The van der Waals surface area contributed by atoms with Crippen LogP contribution in [0.25, 0.3) is 0 Å². The maximum atomic E-state index is 6.84. The fourth-order valence-corrected chi connectivity index (χ4v) is 5.92. The van der Waals surface area contributed by atoms with Gasteiger partial charge in [-0.2, -0.15) is 0 Å². The molecule has 1 aromatic rings. The fraction of sp³-hybridized carbons (Fsp3) is 0.742. The van der Waals surface area contributed by atoms with Crippen molar-refractivity contribution < 1.29 is 13.6 Å². The van der Waals surface area contributed by atoms with Crippen molar-refractivity contribution in [2.24, 2.45) is 5.92 Å². The van der Waals surface area contributed by atoms with Crippen molar-refractivity contribution in [3.63, 3.8) is 0 Å². The predicted molar refractivity (Wildman–Crippen MR) is 163 cm³/mol. The number of unbranched alkanes of at least 4 members (excludes halogenated alkanes) is 1. The number of hydrogen-bond donors (Lipinski definition) is 0. The van der Waals surface area contributed by atoms with Crippen LogP contribution in [0.2, 0.25) is 36.3 Å². The second-order valence-corrected chi connectivity index (χ2v) is 23.3. The van der Waals surface area contributed by atoms with E-state index in [-0.39, 0.29) is 22.3 Å². The summed E-state index contributed by atoms with van der Waals surface area (Å²) in [6, 6.07) is 10.4. The second-order valence-electron chi connectivity index (χ2n) is 13.7. The van der Waals surface area contributed by atoms with Crippen LogP contribution in [0.1, 0.15) is 86.6 Å². The minimum absolute atomic E-state index is 0.0384. The third-order valence-corrected chi connectivity index (χ3v) is 17.3. The number of rotatable bonds is 15. The molecule has 0 radical (unpaired) electrons. The van der Waals surface area contributed by atoms with E-state index < -0.39 is 16.6 Å². The maximum absolute atomic E-state index is 6.84. The average Bonchev–Trinajstić information content (AvgIpc) is 2.76. The van der Waals surface area contributed by atoms with Crippen LogP contribution in [0.15, 0.2) is 42.5 Å². The van der Waals surface area contributed by atoms with Gasteiger partial charge in [-0.3, -0.25) is 0 Å². The average molecular weight is 535 g/mol. The quantitative estimate of drug-likeness (QED) is 0.127. The molecule has 5 heteroatoms. The molecule has 0 heterocycles. The summed E-state index contributed by atoms with van der Waals surface area (Å²) in [6.07, 6.45) is 9.18. The molecular formula is C31H58O3Si2. The maximum Gasteiger partial charge on any atom is 0.192 e. The van der Waals surface area contributed by atoms with E-state index in [4.69, 9.17) is 13.6 Å². The molecule has 0 aliphatic heterocycles. The van der Waals surface area contributed by atoms with Crippen LogP contribution in [0.5, 0.6) is 0 Å². The summed E-state index contributed by atoms with van der Waals surface area (Å²) in [6.45, 7) is 29.2. The minimum Gasteiger partial charge on any atom is -0.417 e. The van der Waals surface area contributed by atoms with Gasteiger partial charge in [0.25, 0.3) is 0 Å². The van der Waals surface area contributed by atoms with Gasteiger partial charge in [0.2, 0.25) is 0 Å². The van der Waals surface area contributed by atoms with Crippen molar-refractivity contribution in [2.75, 3.05) is 6.61 Å². The van der Waals surface area contributed by atoms with E-state index in [1.807, 2.05) is 6.07 Å². The van der Waals surface area contributed by atoms with Crippen molar-refractivity contribution in [2.45, 2.75) is 136 Å². The molecule has 0 saturated carbocycles. The first kappa shape index (κ1) is 33.3. The molecule has 0 aliphatic rings. The van der Waals surface area contributed by atoms with Gasteiger partial charge in [0.1, 0.15) is 0 Å². The molecule has 0 unspecified atom stereocenters. The van der Waals surface area contributed by atoms with E-state index in [0.29, 0.717) is 12.5 Å². The Morgan fingerprint density at radius 2 is 1.42 bits per heavy atom. The van der Waals surface area contributed by atoms with Crippen LogP contribution < -0.4 is 0 Å². The molecule has 36 heavy (non-hydrogen) atoms. The van der Waals surface area contributed by atoms with Gasteiger partial charge in [-0.05, 0) is 80.4 Å². The first-order valence-electron chi connectivity index (χ1n) is 14.1. The third-order valence-electron chi connectivity index (χ3n) is 8.27. The Balaban J connectivity index is 2.58. The van der Waals surface area contributed by atoms with Gasteiger partial charge in [0, 0.05) is 6.61 Å². The molecule has 208 valence electrons. The first-order chi connectivity index (χ1) is 16.5. The topological polar surface area (TPSA) is 27.7 Å². The van der Waals surface area contributed by atoms with Crippen LogP contribution >= 0.6 is 0 Å². The molecule has 1 rings (SSSR count). The summed E-state index contributed by atoms with van der Waals surface area (Å²) in [7, 11) is -3.54. The lowest BCUT2D eigenvalue weighted by atomic mass is 10.0. The summed E-state index contributed by atoms with van der Waals surface area (Å²) in [5.74, 6) is 0.605. The van der Waals surface area contributed by atoms with Crippen molar-refractivity contribution in [1.29, 1.82) is 0 Å². The zero-order valence-corrected chi connectivity index (χ0v) is 27.7. The molecular weight excluding hydrogens is 477 g/mol. The first-order valence-corrected chi connectivity index (χ1v) is 19.9. The molecule has 0 N–H and O–H groups in total. The Morgan fingerprint density at radius 1 is 0.833 bits per heavy atom. The summed E-state index contributed by atoms with van der Waals surface area (Å²) >= 11 is 0. The van der Waals surface area contributed by atoms with E-state index in [1.54, 1.807) is 0 Å². The Kier molecular flexibility index (Phi) is 13.4. The van der Waals surface area contributed by atoms with Crippen LogP contribution in [0, 0.1) is 5.92 Å². The van der Waals surface area contributed by atoms with Gasteiger partial charge in [0.05, 0.1) is 18.8 Å². The lowest BCUT2D eigenvalue weighted by Crippen LogP contribution is -2.46. The Hall–Kier alpha value is -0.726. The molecule has 0 spiro atoms. The van der Waals surface area contributed by atoms with Crippen LogP contribution in [-0.2, 0) is 20.2 Å². The highest BCUT2D eigenvalue weighted by atomic mass is 28.4. The molecule has 1 aromatic carbocycles. The van der Waals surface area contributed by atoms with Gasteiger partial charge in [-0.1, -0.05) is 91.0 Å². The highest BCUT2D eigenvalue weighted by Crippen LogP contribution is 2.38. The Bertz CT molecular complexity index is 760. The van der Waals surface area contributed by atoms with E-state index >= 15 is 0 Å². The third kappa shape index (κ3) is 11.8. The van der Waals surface area contributed by atoms with E-state index in [2.05, 4.69) is 118 Å². The predicted octanol–water partition coefficient (Wildman–Crippen LogP) is 9.76. The van der Waals surface area contributed by atoms with Crippen LogP contribution in [0.4, 0.5) is 0 Å². The lowest BCUT2D eigenvalue weighted by Gasteiger charge is -2.40. The van der Waals surface area contributed by atoms with Gasteiger partial charge < -0.3 is 13.6 Å². The van der Waals surface area contributed by atoms with E-state index in [0.717, 1.165) is 19.4 Å². The van der Waals surface area contributed by atoms with Gasteiger partial charge in [0.15, 0.2) is 16.6 Å². The molecule has 0 amide bonds. The van der Waals surface area contributed by atoms with Crippen LogP contribution in [-0.4, -0.2) is 35.4 Å². The summed E-state index contributed by atoms with van der Waals surface area (Å²) < 4.78 is 19.5. The number of ether oxygens (including phenoxy) is 1. The zero-order chi connectivity index (χ0) is 27.6. The number of allylic oxidation sites excluding steroid dienone is 1. The molecule has 3 nitrogen and oxygen atoms in total. The van der Waals surface area contributed by atoms with Crippen molar-refractivity contribution in [1.82, 2.24) is 0 Å². The van der Waals surface area contributed by atoms with Gasteiger partial charge in [-0.15, -0.1) is 0 Å². The molecule has 0 fully saturated rings. The van der Waals surface area contributed by atoms with Gasteiger partial charge >= 0.3 is 0 Å². The summed E-state index contributed by atoms with van der Waals surface area (Å²) in [4.78, 5) is 0. The number of hydrogen-bond acceptors (Lipinski definition) is 3. The fourth-order valence-electron chi connectivity index (χ4n) is 3.38. The van der Waals surface area contributed by atoms with Crippen molar-refractivity contribution in [3.05, 3.63) is 48.0 Å². The molecule has 0 aliphatic carbocycles. The van der Waals surface area contributed by atoms with E-state index in [1.165, 1.54) is 18.4 Å².